The third-order valence-electron chi connectivity index (χ3n) is 1.21. The van der Waals surface area contributed by atoms with Crippen LogP contribution in [0.2, 0.25) is 0 Å². The maximum atomic E-state index is 9.17. The number of rotatable bonds is 2. The average molecular weight is 142 g/mol. The van der Waals surface area contributed by atoms with Gasteiger partial charge in [-0.25, -0.2) is 0 Å². The van der Waals surface area contributed by atoms with E-state index < -0.39 is 12.3 Å². The van der Waals surface area contributed by atoms with E-state index in [-0.39, 0.29) is 0 Å². The summed E-state index contributed by atoms with van der Waals surface area (Å²) in [6.07, 6.45) is -0.0936. The molecule has 1 atom stereocenters. The SMILES string of the molecule is NC(N)C(O)c1ccn[nH]1. The molecule has 5 heteroatoms. The molecule has 0 radical (unpaired) electrons. The minimum Gasteiger partial charge on any atom is -0.384 e. The first kappa shape index (κ1) is 7.20. The number of aliphatic hydroxyl groups excluding tert-OH is 1. The number of nitrogens with one attached hydrogen (secondary N) is 1. The molecular formula is C5H10N4O. The molecule has 1 rings (SSSR count). The second-order valence-electron chi connectivity index (χ2n) is 2.03. The zero-order chi connectivity index (χ0) is 7.56. The van der Waals surface area contributed by atoms with Gasteiger partial charge in [0.25, 0.3) is 0 Å². The van der Waals surface area contributed by atoms with Crippen LogP contribution in [0.3, 0.4) is 0 Å². The molecule has 6 N–H and O–H groups in total. The van der Waals surface area contributed by atoms with Crippen molar-refractivity contribution in [1.82, 2.24) is 10.2 Å². The topological polar surface area (TPSA) is 101 Å². The van der Waals surface area contributed by atoms with Crippen LogP contribution in [0.25, 0.3) is 0 Å². The van der Waals surface area contributed by atoms with Crippen molar-refractivity contribution in [2.75, 3.05) is 0 Å². The fourth-order valence-electron chi connectivity index (χ4n) is 0.639. The summed E-state index contributed by atoms with van der Waals surface area (Å²) in [6, 6.07) is 1.62. The fraction of sp³-hybridized carbons (Fsp3) is 0.400. The van der Waals surface area contributed by atoms with Gasteiger partial charge in [-0.1, -0.05) is 0 Å². The van der Waals surface area contributed by atoms with E-state index in [0.29, 0.717) is 5.69 Å². The molecule has 0 aliphatic rings. The number of hydrogen-bond acceptors (Lipinski definition) is 4. The standard InChI is InChI=1S/C5H10N4O/c6-5(7)4(10)3-1-2-8-9-3/h1-2,4-5,10H,6-7H2,(H,8,9). The first-order valence-electron chi connectivity index (χ1n) is 2.90. The summed E-state index contributed by atoms with van der Waals surface area (Å²) >= 11 is 0. The molecular weight excluding hydrogens is 132 g/mol. The molecule has 56 valence electrons. The molecule has 10 heavy (non-hydrogen) atoms. The lowest BCUT2D eigenvalue weighted by molar-refractivity contribution is 0.144. The van der Waals surface area contributed by atoms with E-state index in [1.807, 2.05) is 0 Å². The van der Waals surface area contributed by atoms with Crippen LogP contribution in [0.5, 0.6) is 0 Å². The second kappa shape index (κ2) is 2.78. The number of hydrogen-bond donors (Lipinski definition) is 4. The summed E-state index contributed by atoms with van der Waals surface area (Å²) in [7, 11) is 0. The Hall–Kier alpha value is -0.910. The second-order valence-corrected chi connectivity index (χ2v) is 2.03. The highest BCUT2D eigenvalue weighted by Crippen LogP contribution is 2.07. The molecule has 0 saturated carbocycles. The van der Waals surface area contributed by atoms with E-state index in [1.165, 1.54) is 6.20 Å². The summed E-state index contributed by atoms with van der Waals surface area (Å²) in [5.74, 6) is 0. The highest BCUT2D eigenvalue weighted by atomic mass is 16.3. The number of aromatic amines is 1. The molecule has 0 saturated heterocycles. The van der Waals surface area contributed by atoms with Crippen molar-refractivity contribution in [3.8, 4) is 0 Å². The molecule has 1 aromatic rings. The molecule has 0 amide bonds. The largest absolute Gasteiger partial charge is 0.384 e. The number of aliphatic hydroxyl groups is 1. The molecule has 0 bridgehead atoms. The van der Waals surface area contributed by atoms with E-state index in [9.17, 15) is 0 Å². The molecule has 0 aliphatic carbocycles. The first-order valence-corrected chi connectivity index (χ1v) is 2.90. The quantitative estimate of drug-likeness (QED) is 0.385. The van der Waals surface area contributed by atoms with Gasteiger partial charge >= 0.3 is 0 Å². The van der Waals surface area contributed by atoms with Crippen molar-refractivity contribution in [2.45, 2.75) is 12.3 Å². The van der Waals surface area contributed by atoms with Crippen LogP contribution in [0, 0.1) is 0 Å². The molecule has 5 nitrogen and oxygen atoms in total. The monoisotopic (exact) mass is 142 g/mol. The first-order chi connectivity index (χ1) is 4.72. The fourth-order valence-corrected chi connectivity index (χ4v) is 0.639. The lowest BCUT2D eigenvalue weighted by atomic mass is 10.2. The highest BCUT2D eigenvalue weighted by molar-refractivity contribution is 5.03. The van der Waals surface area contributed by atoms with Gasteiger partial charge < -0.3 is 16.6 Å². The van der Waals surface area contributed by atoms with Gasteiger partial charge in [-0.05, 0) is 6.07 Å². The van der Waals surface area contributed by atoms with Crippen LogP contribution < -0.4 is 11.5 Å². The zero-order valence-electron chi connectivity index (χ0n) is 5.36. The minimum absolute atomic E-state index is 0.537. The van der Waals surface area contributed by atoms with Crippen LogP contribution in [0.4, 0.5) is 0 Å². The van der Waals surface area contributed by atoms with Crippen LogP contribution in [0.1, 0.15) is 11.8 Å². The van der Waals surface area contributed by atoms with E-state index in [2.05, 4.69) is 10.2 Å². The predicted octanol–water partition coefficient (Wildman–Crippen LogP) is -1.31. The molecule has 1 aromatic heterocycles. The predicted molar refractivity (Wildman–Crippen MR) is 35.7 cm³/mol. The summed E-state index contributed by atoms with van der Waals surface area (Å²) in [5, 5.41) is 15.4. The Kier molecular flexibility index (Phi) is 2.00. The van der Waals surface area contributed by atoms with Crippen molar-refractivity contribution >= 4 is 0 Å². The summed E-state index contributed by atoms with van der Waals surface area (Å²) in [4.78, 5) is 0. The Morgan fingerprint density at radius 2 is 2.30 bits per heavy atom. The van der Waals surface area contributed by atoms with Crippen LogP contribution in [0.15, 0.2) is 12.3 Å². The van der Waals surface area contributed by atoms with Gasteiger partial charge in [-0.3, -0.25) is 5.10 Å². The summed E-state index contributed by atoms with van der Waals surface area (Å²) < 4.78 is 0. The Balaban J connectivity index is 2.68. The summed E-state index contributed by atoms with van der Waals surface area (Å²) in [6.45, 7) is 0. The highest BCUT2D eigenvalue weighted by Gasteiger charge is 2.12. The zero-order valence-corrected chi connectivity index (χ0v) is 5.36. The number of nitrogens with zero attached hydrogens (tertiary/aromatic N) is 1. The Morgan fingerprint density at radius 3 is 2.70 bits per heavy atom. The Morgan fingerprint density at radius 1 is 1.60 bits per heavy atom. The van der Waals surface area contributed by atoms with Crippen LogP contribution in [-0.4, -0.2) is 21.5 Å². The molecule has 0 aliphatic heterocycles. The van der Waals surface area contributed by atoms with E-state index in [1.54, 1.807) is 6.07 Å². The van der Waals surface area contributed by atoms with Gasteiger partial charge in [0.05, 0.1) is 11.9 Å². The van der Waals surface area contributed by atoms with Gasteiger partial charge in [0.1, 0.15) is 6.10 Å². The van der Waals surface area contributed by atoms with Crippen molar-refractivity contribution in [2.24, 2.45) is 11.5 Å². The van der Waals surface area contributed by atoms with Gasteiger partial charge in [0.15, 0.2) is 0 Å². The summed E-state index contributed by atoms with van der Waals surface area (Å²) in [5.41, 5.74) is 11.0. The average Bonchev–Trinajstić information content (AvgIpc) is 2.36. The Labute approximate surface area is 58.0 Å². The number of aromatic nitrogens is 2. The lowest BCUT2D eigenvalue weighted by Gasteiger charge is -2.11. The van der Waals surface area contributed by atoms with E-state index >= 15 is 0 Å². The van der Waals surface area contributed by atoms with Gasteiger partial charge in [-0.15, -0.1) is 0 Å². The van der Waals surface area contributed by atoms with E-state index in [4.69, 9.17) is 16.6 Å². The number of nitrogens with two attached hydrogens (primary N) is 2. The lowest BCUT2D eigenvalue weighted by Crippen LogP contribution is -2.37. The minimum atomic E-state index is -0.859. The Bertz CT molecular complexity index is 184. The van der Waals surface area contributed by atoms with Crippen molar-refractivity contribution < 1.29 is 5.11 Å². The molecule has 0 fully saturated rings. The molecule has 1 heterocycles. The third-order valence-corrected chi connectivity index (χ3v) is 1.21. The van der Waals surface area contributed by atoms with Crippen LogP contribution >= 0.6 is 0 Å². The third kappa shape index (κ3) is 1.32. The molecule has 0 aromatic carbocycles. The van der Waals surface area contributed by atoms with E-state index in [0.717, 1.165) is 0 Å². The maximum Gasteiger partial charge on any atom is 0.123 e. The van der Waals surface area contributed by atoms with Crippen molar-refractivity contribution in [3.05, 3.63) is 18.0 Å². The van der Waals surface area contributed by atoms with Crippen LogP contribution in [-0.2, 0) is 0 Å². The molecule has 0 spiro atoms. The number of H-pyrrole nitrogens is 1. The van der Waals surface area contributed by atoms with Gasteiger partial charge in [0, 0.05) is 6.20 Å². The van der Waals surface area contributed by atoms with Crippen molar-refractivity contribution in [3.63, 3.8) is 0 Å². The molecule has 1 unspecified atom stereocenters. The van der Waals surface area contributed by atoms with Gasteiger partial charge in [-0.2, -0.15) is 5.10 Å². The smallest absolute Gasteiger partial charge is 0.123 e. The maximum absolute atomic E-state index is 9.17. The van der Waals surface area contributed by atoms with Crippen molar-refractivity contribution in [1.29, 1.82) is 0 Å². The van der Waals surface area contributed by atoms with Gasteiger partial charge in [0.2, 0.25) is 0 Å². The normalized spacial score (nSPS) is 14.0.